The van der Waals surface area contributed by atoms with Crippen LogP contribution in [0.25, 0.3) is 11.6 Å². The van der Waals surface area contributed by atoms with Gasteiger partial charge in [0.1, 0.15) is 24.2 Å². The van der Waals surface area contributed by atoms with Crippen molar-refractivity contribution in [3.63, 3.8) is 0 Å². The van der Waals surface area contributed by atoms with Crippen LogP contribution in [0.3, 0.4) is 0 Å². The van der Waals surface area contributed by atoms with Crippen LogP contribution in [-0.2, 0) is 16.1 Å². The Labute approximate surface area is 215 Å². The highest BCUT2D eigenvalue weighted by atomic mass is 19.1. The van der Waals surface area contributed by atoms with Crippen molar-refractivity contribution in [3.8, 4) is 11.6 Å². The molecule has 1 atom stereocenters. The summed E-state index contributed by atoms with van der Waals surface area (Å²) in [5, 5.41) is 15.6. The second kappa shape index (κ2) is 11.2. The van der Waals surface area contributed by atoms with Crippen LogP contribution in [0.5, 0.6) is 0 Å². The number of rotatable bonds is 8. The molecule has 37 heavy (non-hydrogen) atoms. The number of aromatic nitrogens is 4. The van der Waals surface area contributed by atoms with Gasteiger partial charge in [-0.15, -0.1) is 10.2 Å². The molecule has 0 spiro atoms. The van der Waals surface area contributed by atoms with Gasteiger partial charge in [-0.25, -0.2) is 4.39 Å². The number of carbonyl (C=O) groups is 2. The highest BCUT2D eigenvalue weighted by Gasteiger charge is 2.38. The molecule has 2 heterocycles. The van der Waals surface area contributed by atoms with Crippen LogP contribution in [0, 0.1) is 12.7 Å². The van der Waals surface area contributed by atoms with Gasteiger partial charge in [0.2, 0.25) is 17.6 Å². The maximum atomic E-state index is 13.8. The monoisotopic (exact) mass is 508 g/mol. The lowest BCUT2D eigenvalue weighted by Gasteiger charge is -2.37. The largest absolute Gasteiger partial charge is 0.458 e. The lowest BCUT2D eigenvalue weighted by Crippen LogP contribution is -2.51. The van der Waals surface area contributed by atoms with Crippen LogP contribution in [0.15, 0.2) is 40.8 Å². The summed E-state index contributed by atoms with van der Waals surface area (Å²) in [5.74, 6) is 0.595. The van der Waals surface area contributed by atoms with Crippen molar-refractivity contribution >= 4 is 11.8 Å². The smallest absolute Gasteiger partial charge is 0.247 e. The Kier molecular flexibility index (Phi) is 7.62. The molecule has 0 saturated heterocycles. The number of hydrogen-bond acceptors (Lipinski definition) is 6. The molecule has 10 heteroatoms. The molecule has 196 valence electrons. The summed E-state index contributed by atoms with van der Waals surface area (Å²) in [7, 11) is 0. The molecule has 2 aliphatic rings. The number of amides is 2. The molecule has 1 aromatic carbocycles. The maximum absolute atomic E-state index is 13.8. The zero-order valence-corrected chi connectivity index (χ0v) is 21.1. The summed E-state index contributed by atoms with van der Waals surface area (Å²) in [6.07, 6.45) is 8.76. The number of furan rings is 1. The Morgan fingerprint density at radius 1 is 1.05 bits per heavy atom. The quantitative estimate of drug-likeness (QED) is 0.485. The van der Waals surface area contributed by atoms with Gasteiger partial charge in [0.05, 0.1) is 0 Å². The average Bonchev–Trinajstić information content (AvgIpc) is 3.66. The van der Waals surface area contributed by atoms with Crippen molar-refractivity contribution in [1.29, 1.82) is 0 Å². The molecule has 2 amide bonds. The molecule has 2 aliphatic carbocycles. The Bertz CT molecular complexity index is 1210. The third-order valence-electron chi connectivity index (χ3n) is 7.36. The van der Waals surface area contributed by atoms with Crippen LogP contribution < -0.4 is 5.32 Å². The van der Waals surface area contributed by atoms with E-state index in [1.54, 1.807) is 29.2 Å². The lowest BCUT2D eigenvalue weighted by atomic mass is 9.94. The predicted molar refractivity (Wildman–Crippen MR) is 134 cm³/mol. The number of benzene rings is 1. The minimum atomic E-state index is -0.867. The second-order valence-electron chi connectivity index (χ2n) is 10.1. The van der Waals surface area contributed by atoms with Gasteiger partial charge in [0.15, 0.2) is 5.76 Å². The molecular weight excluding hydrogens is 475 g/mol. The van der Waals surface area contributed by atoms with Gasteiger partial charge in [-0.05, 0) is 67.6 Å². The van der Waals surface area contributed by atoms with E-state index in [1.807, 2.05) is 6.92 Å². The first-order chi connectivity index (χ1) is 18.0. The minimum absolute atomic E-state index is 0.0843. The molecule has 0 radical (unpaired) electrons. The van der Waals surface area contributed by atoms with Crippen molar-refractivity contribution in [1.82, 2.24) is 30.4 Å². The first-order valence-corrected chi connectivity index (χ1v) is 13.2. The van der Waals surface area contributed by atoms with Crippen LogP contribution in [0.4, 0.5) is 4.39 Å². The van der Waals surface area contributed by atoms with E-state index in [2.05, 4.69) is 20.7 Å². The maximum Gasteiger partial charge on any atom is 0.247 e. The van der Waals surface area contributed by atoms with Crippen molar-refractivity contribution in [2.24, 2.45) is 0 Å². The summed E-state index contributed by atoms with van der Waals surface area (Å²) >= 11 is 0. The molecule has 1 N–H and O–H groups in total. The molecule has 0 aliphatic heterocycles. The Hall–Kier alpha value is -3.56. The normalized spacial score (nSPS) is 17.6. The fraction of sp³-hybridized carbons (Fsp3) is 0.519. The molecule has 9 nitrogen and oxygen atoms in total. The average molecular weight is 509 g/mol. The third kappa shape index (κ3) is 5.89. The molecular formula is C27H33FN6O3. The van der Waals surface area contributed by atoms with E-state index in [0.717, 1.165) is 57.1 Å². The summed E-state index contributed by atoms with van der Waals surface area (Å²) in [6.45, 7) is 1.66. The first-order valence-electron chi connectivity index (χ1n) is 13.2. The van der Waals surface area contributed by atoms with Gasteiger partial charge in [0, 0.05) is 12.1 Å². The SMILES string of the molecule is Cc1ccc(-c2nnn(CC(=O)N(C3CCCC3)[C@H](C(=O)NC3CCCCC3)c3ccc(F)cc3)n2)o1. The van der Waals surface area contributed by atoms with Crippen molar-refractivity contribution in [3.05, 3.63) is 53.5 Å². The van der Waals surface area contributed by atoms with E-state index >= 15 is 0 Å². The summed E-state index contributed by atoms with van der Waals surface area (Å²) < 4.78 is 19.4. The van der Waals surface area contributed by atoms with Crippen molar-refractivity contribution < 1.29 is 18.4 Å². The van der Waals surface area contributed by atoms with Crippen LogP contribution in [0.1, 0.15) is 75.2 Å². The number of hydrogen-bond donors (Lipinski definition) is 1. The molecule has 2 aromatic heterocycles. The van der Waals surface area contributed by atoms with Gasteiger partial charge < -0.3 is 14.6 Å². The van der Waals surface area contributed by atoms with Crippen molar-refractivity contribution in [2.45, 2.75) is 89.4 Å². The van der Waals surface area contributed by atoms with Gasteiger partial charge >= 0.3 is 0 Å². The predicted octanol–water partition coefficient (Wildman–Crippen LogP) is 4.34. The van der Waals surface area contributed by atoms with Crippen LogP contribution in [0.2, 0.25) is 0 Å². The fourth-order valence-corrected chi connectivity index (χ4v) is 5.52. The highest BCUT2D eigenvalue weighted by Crippen LogP contribution is 2.33. The van der Waals surface area contributed by atoms with E-state index in [-0.39, 0.29) is 36.3 Å². The number of nitrogens with zero attached hydrogens (tertiary/aromatic N) is 5. The number of nitrogens with one attached hydrogen (secondary N) is 1. The highest BCUT2D eigenvalue weighted by molar-refractivity contribution is 5.89. The van der Waals surface area contributed by atoms with Gasteiger partial charge in [-0.2, -0.15) is 4.80 Å². The molecule has 2 fully saturated rings. The topological polar surface area (TPSA) is 106 Å². The summed E-state index contributed by atoms with van der Waals surface area (Å²) in [5.41, 5.74) is 0.591. The second-order valence-corrected chi connectivity index (χ2v) is 10.1. The summed E-state index contributed by atoms with van der Waals surface area (Å²) in [6, 6.07) is 8.55. The molecule has 0 bridgehead atoms. The zero-order chi connectivity index (χ0) is 25.8. The Balaban J connectivity index is 1.43. The van der Waals surface area contributed by atoms with Crippen LogP contribution in [-0.4, -0.2) is 49.0 Å². The molecule has 0 unspecified atom stereocenters. The number of carbonyl (C=O) groups excluding carboxylic acids is 2. The van der Waals surface area contributed by atoms with Gasteiger partial charge in [-0.3, -0.25) is 9.59 Å². The van der Waals surface area contributed by atoms with E-state index in [1.165, 1.54) is 23.4 Å². The molecule has 5 rings (SSSR count). The lowest BCUT2D eigenvalue weighted by molar-refractivity contribution is -0.144. The van der Waals surface area contributed by atoms with E-state index in [4.69, 9.17) is 4.42 Å². The molecule has 3 aromatic rings. The zero-order valence-electron chi connectivity index (χ0n) is 21.1. The molecule has 2 saturated carbocycles. The van der Waals surface area contributed by atoms with E-state index < -0.39 is 6.04 Å². The van der Waals surface area contributed by atoms with Gasteiger partial charge in [-0.1, -0.05) is 44.2 Å². The van der Waals surface area contributed by atoms with E-state index in [9.17, 15) is 14.0 Å². The Morgan fingerprint density at radius 2 is 1.76 bits per heavy atom. The summed E-state index contributed by atoms with van der Waals surface area (Å²) in [4.78, 5) is 30.5. The first kappa shape index (κ1) is 25.1. The Morgan fingerprint density at radius 3 is 2.43 bits per heavy atom. The van der Waals surface area contributed by atoms with E-state index in [0.29, 0.717) is 17.1 Å². The minimum Gasteiger partial charge on any atom is -0.458 e. The number of tetrazole rings is 1. The van der Waals surface area contributed by atoms with Crippen LogP contribution >= 0.6 is 0 Å². The van der Waals surface area contributed by atoms with Crippen molar-refractivity contribution in [2.75, 3.05) is 0 Å². The number of halogens is 1. The fourth-order valence-electron chi connectivity index (χ4n) is 5.52. The third-order valence-corrected chi connectivity index (χ3v) is 7.36. The standard InChI is InChI=1S/C27H33FN6O3/c1-18-11-16-23(37-18)26-30-32-33(31-26)17-24(35)34(22-9-5-6-10-22)25(19-12-14-20(28)15-13-19)27(36)29-21-7-3-2-4-8-21/h11-16,21-22,25H,2-10,17H2,1H3,(H,29,36)/t25-/m0/s1. The van der Waals surface area contributed by atoms with Gasteiger partial charge in [0.25, 0.3) is 0 Å². The number of aryl methyl sites for hydroxylation is 1.